The molecule has 148 valence electrons. The highest BCUT2D eigenvalue weighted by molar-refractivity contribution is 7.09. The summed E-state index contributed by atoms with van der Waals surface area (Å²) in [5, 5.41) is 6.19. The Hall–Kier alpha value is -2.99. The lowest BCUT2D eigenvalue weighted by atomic mass is 10.1. The molecule has 0 bridgehead atoms. The average molecular weight is 405 g/mol. The van der Waals surface area contributed by atoms with E-state index < -0.39 is 0 Å². The molecule has 2 aromatic heterocycles. The number of fused-ring (bicyclic) bond motifs is 1. The number of para-hydroxylation sites is 2. The van der Waals surface area contributed by atoms with Crippen molar-refractivity contribution in [1.29, 1.82) is 0 Å². The Kier molecular flexibility index (Phi) is 5.71. The fourth-order valence-electron chi connectivity index (χ4n) is 3.46. The van der Waals surface area contributed by atoms with Crippen LogP contribution in [0.25, 0.3) is 22.3 Å². The first-order valence-corrected chi connectivity index (χ1v) is 10.7. The van der Waals surface area contributed by atoms with Crippen molar-refractivity contribution in [3.63, 3.8) is 0 Å². The third-order valence-electron chi connectivity index (χ3n) is 4.96. The molecule has 29 heavy (non-hydrogen) atoms. The van der Waals surface area contributed by atoms with E-state index in [4.69, 9.17) is 0 Å². The van der Waals surface area contributed by atoms with E-state index in [0.29, 0.717) is 13.1 Å². The third kappa shape index (κ3) is 4.38. The van der Waals surface area contributed by atoms with Crippen molar-refractivity contribution in [3.8, 4) is 11.3 Å². The molecule has 1 amide bonds. The molecule has 0 aliphatic rings. The number of hydrogen-bond acceptors (Lipinski definition) is 4. The largest absolute Gasteiger partial charge is 0.354 e. The highest BCUT2D eigenvalue weighted by Gasteiger charge is 2.12. The second kappa shape index (κ2) is 8.57. The number of carbonyl (C=O) groups excluding carboxylic acids is 1. The van der Waals surface area contributed by atoms with Crippen LogP contribution in [0.15, 0.2) is 53.9 Å². The summed E-state index contributed by atoms with van der Waals surface area (Å²) in [4.78, 5) is 21.6. The van der Waals surface area contributed by atoms with Gasteiger partial charge in [-0.25, -0.2) is 9.97 Å². The zero-order valence-electron chi connectivity index (χ0n) is 16.7. The third-order valence-corrected chi connectivity index (χ3v) is 5.73. The molecule has 0 saturated carbocycles. The molecule has 0 unspecified atom stereocenters. The van der Waals surface area contributed by atoms with Crippen LogP contribution in [0.5, 0.6) is 0 Å². The average Bonchev–Trinajstić information content (AvgIpc) is 3.32. The van der Waals surface area contributed by atoms with E-state index >= 15 is 0 Å². The Morgan fingerprint density at radius 2 is 1.90 bits per heavy atom. The molecule has 6 heteroatoms. The molecule has 1 N–H and O–H groups in total. The number of thiazole rings is 1. The molecule has 0 radical (unpaired) electrons. The van der Waals surface area contributed by atoms with Gasteiger partial charge in [0.05, 0.1) is 21.7 Å². The summed E-state index contributed by atoms with van der Waals surface area (Å²) in [6, 6.07) is 16.4. The maximum Gasteiger partial charge on any atom is 0.240 e. The van der Waals surface area contributed by atoms with Crippen LogP contribution < -0.4 is 5.32 Å². The quantitative estimate of drug-likeness (QED) is 0.497. The van der Waals surface area contributed by atoms with Gasteiger partial charge in [0.25, 0.3) is 0 Å². The van der Waals surface area contributed by atoms with Gasteiger partial charge in [-0.05, 0) is 31.0 Å². The number of aryl methyl sites for hydroxylation is 2. The molecule has 2 heterocycles. The normalized spacial score (nSPS) is 11.1. The van der Waals surface area contributed by atoms with Gasteiger partial charge in [-0.15, -0.1) is 11.3 Å². The number of imidazole rings is 1. The van der Waals surface area contributed by atoms with Crippen molar-refractivity contribution in [2.45, 2.75) is 33.2 Å². The Balaban J connectivity index is 1.34. The van der Waals surface area contributed by atoms with E-state index in [-0.39, 0.29) is 5.91 Å². The number of amides is 1. The summed E-state index contributed by atoms with van der Waals surface area (Å²) < 4.78 is 2.01. The van der Waals surface area contributed by atoms with E-state index in [9.17, 15) is 4.79 Å². The van der Waals surface area contributed by atoms with E-state index in [0.717, 1.165) is 46.0 Å². The van der Waals surface area contributed by atoms with Gasteiger partial charge in [0.1, 0.15) is 12.4 Å². The van der Waals surface area contributed by atoms with Gasteiger partial charge < -0.3 is 9.88 Å². The van der Waals surface area contributed by atoms with Crippen molar-refractivity contribution in [2.75, 3.05) is 6.54 Å². The topological polar surface area (TPSA) is 59.8 Å². The number of aromatic nitrogens is 3. The summed E-state index contributed by atoms with van der Waals surface area (Å²) >= 11 is 1.66. The lowest BCUT2D eigenvalue weighted by molar-refractivity contribution is -0.121. The Morgan fingerprint density at radius 3 is 2.62 bits per heavy atom. The number of rotatable bonds is 7. The molecular formula is C23H24N4OS. The highest BCUT2D eigenvalue weighted by atomic mass is 32.1. The maximum atomic E-state index is 12.5. The Morgan fingerprint density at radius 1 is 1.10 bits per heavy atom. The van der Waals surface area contributed by atoms with Crippen molar-refractivity contribution in [2.24, 2.45) is 0 Å². The minimum atomic E-state index is 0.0115. The fourth-order valence-corrected chi connectivity index (χ4v) is 4.08. The zero-order valence-corrected chi connectivity index (χ0v) is 17.5. The first kappa shape index (κ1) is 19.3. The minimum absolute atomic E-state index is 0.0115. The highest BCUT2D eigenvalue weighted by Crippen LogP contribution is 2.22. The van der Waals surface area contributed by atoms with Crippen LogP contribution in [0.3, 0.4) is 0 Å². The predicted octanol–water partition coefficient (Wildman–Crippen LogP) is 4.39. The maximum absolute atomic E-state index is 12.5. The van der Waals surface area contributed by atoms with Gasteiger partial charge in [-0.2, -0.15) is 0 Å². The molecule has 0 saturated heterocycles. The lowest BCUT2D eigenvalue weighted by Gasteiger charge is -2.09. The van der Waals surface area contributed by atoms with Crippen LogP contribution in [0, 0.1) is 6.92 Å². The van der Waals surface area contributed by atoms with Gasteiger partial charge in [0.15, 0.2) is 0 Å². The SMILES string of the molecule is CCc1nc2ccccc2n1CC(=O)NCCc1ccc(-c2csc(C)n2)cc1. The number of benzene rings is 2. The predicted molar refractivity (Wildman–Crippen MR) is 118 cm³/mol. The second-order valence-corrected chi connectivity index (χ2v) is 8.07. The van der Waals surface area contributed by atoms with Crippen LogP contribution in [0.2, 0.25) is 0 Å². The van der Waals surface area contributed by atoms with Crippen molar-refractivity contribution >= 4 is 28.3 Å². The molecule has 0 atom stereocenters. The minimum Gasteiger partial charge on any atom is -0.354 e. The summed E-state index contributed by atoms with van der Waals surface area (Å²) in [5.74, 6) is 0.951. The van der Waals surface area contributed by atoms with Crippen molar-refractivity contribution in [1.82, 2.24) is 19.9 Å². The van der Waals surface area contributed by atoms with Crippen molar-refractivity contribution in [3.05, 3.63) is 70.3 Å². The first-order valence-electron chi connectivity index (χ1n) is 9.86. The van der Waals surface area contributed by atoms with Gasteiger partial charge >= 0.3 is 0 Å². The summed E-state index contributed by atoms with van der Waals surface area (Å²) in [7, 11) is 0. The zero-order chi connectivity index (χ0) is 20.2. The lowest BCUT2D eigenvalue weighted by Crippen LogP contribution is -2.29. The van der Waals surface area contributed by atoms with Gasteiger partial charge in [-0.3, -0.25) is 4.79 Å². The summed E-state index contributed by atoms with van der Waals surface area (Å²) in [5.41, 5.74) is 5.29. The van der Waals surface area contributed by atoms with Crippen LogP contribution in [-0.2, 0) is 24.2 Å². The molecule has 0 fully saturated rings. The number of carbonyl (C=O) groups is 1. The molecule has 0 aliphatic carbocycles. The first-order chi connectivity index (χ1) is 14.1. The Bertz CT molecular complexity index is 1130. The van der Waals surface area contributed by atoms with Crippen LogP contribution in [0.4, 0.5) is 0 Å². The Labute approximate surface area is 174 Å². The monoisotopic (exact) mass is 404 g/mol. The second-order valence-electron chi connectivity index (χ2n) is 7.01. The van der Waals surface area contributed by atoms with E-state index in [1.165, 1.54) is 5.56 Å². The number of hydrogen-bond donors (Lipinski definition) is 1. The van der Waals surface area contributed by atoms with Gasteiger partial charge in [0.2, 0.25) is 5.91 Å². The van der Waals surface area contributed by atoms with E-state index in [1.807, 2.05) is 35.8 Å². The van der Waals surface area contributed by atoms with Crippen molar-refractivity contribution < 1.29 is 4.79 Å². The van der Waals surface area contributed by atoms with Gasteiger partial charge in [0, 0.05) is 23.9 Å². The summed E-state index contributed by atoms with van der Waals surface area (Å²) in [6.07, 6.45) is 1.60. The molecule has 0 aliphatic heterocycles. The molecule has 0 spiro atoms. The number of nitrogens with zero attached hydrogens (tertiary/aromatic N) is 3. The molecule has 2 aromatic carbocycles. The molecule has 5 nitrogen and oxygen atoms in total. The smallest absolute Gasteiger partial charge is 0.240 e. The molecule has 4 rings (SSSR count). The molecular weight excluding hydrogens is 380 g/mol. The van der Waals surface area contributed by atoms with Crippen LogP contribution in [-0.4, -0.2) is 27.0 Å². The van der Waals surface area contributed by atoms with Crippen LogP contribution in [0.1, 0.15) is 23.3 Å². The van der Waals surface area contributed by atoms with E-state index in [1.54, 1.807) is 11.3 Å². The summed E-state index contributed by atoms with van der Waals surface area (Å²) in [6.45, 7) is 4.99. The standard InChI is InChI=1S/C23H24N4OS/c1-3-22-26-19-6-4-5-7-21(19)27(22)14-23(28)24-13-12-17-8-10-18(11-9-17)20-15-29-16(2)25-20/h4-11,15H,3,12-14H2,1-2H3,(H,24,28). The van der Waals surface area contributed by atoms with Gasteiger partial charge in [-0.1, -0.05) is 43.3 Å². The fraction of sp³-hybridized carbons (Fsp3) is 0.261. The van der Waals surface area contributed by atoms with Crippen LogP contribution >= 0.6 is 11.3 Å². The molecule has 4 aromatic rings. The van der Waals surface area contributed by atoms with E-state index in [2.05, 4.69) is 51.9 Å². The number of nitrogens with one attached hydrogen (secondary N) is 1.